The molecule has 0 bridgehead atoms. The van der Waals surface area contributed by atoms with Crippen molar-refractivity contribution in [1.82, 2.24) is 25.0 Å². The summed E-state index contributed by atoms with van der Waals surface area (Å²) in [5.74, 6) is 2.72. The van der Waals surface area contributed by atoms with Crippen molar-refractivity contribution < 1.29 is 4.52 Å². The molecule has 1 fully saturated rings. The minimum absolute atomic E-state index is 0.587. The molecule has 30 heavy (non-hydrogen) atoms. The number of aromatic nitrogens is 4. The average Bonchev–Trinajstić information content (AvgIpc) is 3.49. The van der Waals surface area contributed by atoms with E-state index in [4.69, 9.17) is 14.5 Å². The Balaban J connectivity index is 1.40. The highest BCUT2D eigenvalue weighted by molar-refractivity contribution is 7.98. The highest BCUT2D eigenvalue weighted by atomic mass is 32.2. The minimum Gasteiger partial charge on any atom is -0.338 e. The molecule has 1 aliphatic heterocycles. The van der Waals surface area contributed by atoms with E-state index in [9.17, 15) is 0 Å². The standard InChI is InChI=1S/C22H23N5OS2/c1-14-15(2)30-22-19(14)21(23-17(24-22)12-27-10-6-7-11-27)29-13-18-25-20(26-28-18)16-8-4-3-5-9-16/h3-5,8-9H,6-7,10-13H2,1-2H3. The van der Waals surface area contributed by atoms with Gasteiger partial charge in [-0.15, -0.1) is 11.3 Å². The third-order valence-electron chi connectivity index (χ3n) is 5.44. The van der Waals surface area contributed by atoms with Crippen LogP contribution in [0.15, 0.2) is 39.9 Å². The molecule has 0 saturated carbocycles. The van der Waals surface area contributed by atoms with Crippen molar-refractivity contribution in [3.8, 4) is 11.4 Å². The molecular weight excluding hydrogens is 414 g/mol. The quantitative estimate of drug-likeness (QED) is 0.301. The number of nitrogens with zero attached hydrogens (tertiary/aromatic N) is 5. The SMILES string of the molecule is Cc1sc2nc(CN3CCCC3)nc(SCc3nc(-c4ccccc4)no3)c2c1C. The molecular formula is C22H23N5OS2. The minimum atomic E-state index is 0.587. The molecule has 0 atom stereocenters. The van der Waals surface area contributed by atoms with Gasteiger partial charge in [0, 0.05) is 15.8 Å². The molecule has 1 aliphatic rings. The topological polar surface area (TPSA) is 67.9 Å². The van der Waals surface area contributed by atoms with Gasteiger partial charge in [-0.2, -0.15) is 4.98 Å². The van der Waals surface area contributed by atoms with Crippen LogP contribution in [-0.2, 0) is 12.3 Å². The fraction of sp³-hybridized carbons (Fsp3) is 0.364. The van der Waals surface area contributed by atoms with Gasteiger partial charge >= 0.3 is 0 Å². The molecule has 0 amide bonds. The lowest BCUT2D eigenvalue weighted by Gasteiger charge is -2.14. The van der Waals surface area contributed by atoms with E-state index in [1.807, 2.05) is 30.3 Å². The third kappa shape index (κ3) is 3.99. The Hall–Kier alpha value is -2.29. The van der Waals surface area contributed by atoms with Crippen molar-refractivity contribution in [3.05, 3.63) is 52.5 Å². The van der Waals surface area contributed by atoms with Gasteiger partial charge in [0.15, 0.2) is 0 Å². The second-order valence-corrected chi connectivity index (χ2v) is 9.73. The molecule has 154 valence electrons. The van der Waals surface area contributed by atoms with Crippen LogP contribution in [0.5, 0.6) is 0 Å². The Morgan fingerprint density at radius 3 is 2.67 bits per heavy atom. The second-order valence-electron chi connectivity index (χ2n) is 7.56. The van der Waals surface area contributed by atoms with Gasteiger partial charge in [-0.1, -0.05) is 47.3 Å². The summed E-state index contributed by atoms with van der Waals surface area (Å²) in [6.45, 7) is 7.40. The summed E-state index contributed by atoms with van der Waals surface area (Å²) in [6, 6.07) is 9.89. The number of likely N-dealkylation sites (tertiary alicyclic amines) is 1. The van der Waals surface area contributed by atoms with Crippen molar-refractivity contribution in [2.75, 3.05) is 13.1 Å². The molecule has 1 saturated heterocycles. The number of rotatable bonds is 6. The molecule has 0 radical (unpaired) electrons. The lowest BCUT2D eigenvalue weighted by atomic mass is 10.2. The van der Waals surface area contributed by atoms with Gasteiger partial charge in [-0.25, -0.2) is 9.97 Å². The maximum Gasteiger partial charge on any atom is 0.237 e. The molecule has 3 aromatic heterocycles. The van der Waals surface area contributed by atoms with Gasteiger partial charge in [-0.05, 0) is 45.3 Å². The van der Waals surface area contributed by atoms with Gasteiger partial charge in [0.25, 0.3) is 0 Å². The molecule has 0 unspecified atom stereocenters. The first kappa shape index (κ1) is 19.7. The summed E-state index contributed by atoms with van der Waals surface area (Å²) in [5, 5.41) is 6.30. The Kier molecular flexibility index (Phi) is 5.54. The molecule has 0 spiro atoms. The number of hydrogen-bond donors (Lipinski definition) is 0. The maximum absolute atomic E-state index is 5.50. The number of fused-ring (bicyclic) bond motifs is 1. The number of thiophene rings is 1. The molecule has 4 heterocycles. The zero-order valence-electron chi connectivity index (χ0n) is 17.1. The number of thioether (sulfide) groups is 1. The van der Waals surface area contributed by atoms with Crippen molar-refractivity contribution in [2.24, 2.45) is 0 Å². The van der Waals surface area contributed by atoms with Crippen molar-refractivity contribution >= 4 is 33.3 Å². The van der Waals surface area contributed by atoms with Crippen LogP contribution >= 0.6 is 23.1 Å². The van der Waals surface area contributed by atoms with E-state index >= 15 is 0 Å². The first-order chi connectivity index (χ1) is 14.7. The molecule has 6 nitrogen and oxygen atoms in total. The zero-order valence-corrected chi connectivity index (χ0v) is 18.7. The van der Waals surface area contributed by atoms with Crippen LogP contribution in [0.4, 0.5) is 0 Å². The smallest absolute Gasteiger partial charge is 0.237 e. The van der Waals surface area contributed by atoms with Crippen LogP contribution in [0.2, 0.25) is 0 Å². The van der Waals surface area contributed by atoms with Crippen LogP contribution in [-0.4, -0.2) is 38.1 Å². The summed E-state index contributed by atoms with van der Waals surface area (Å²) in [6.07, 6.45) is 2.53. The number of benzene rings is 1. The Labute approximate surface area is 183 Å². The van der Waals surface area contributed by atoms with Crippen molar-refractivity contribution in [1.29, 1.82) is 0 Å². The second kappa shape index (κ2) is 8.45. The first-order valence-corrected chi connectivity index (χ1v) is 12.0. The van der Waals surface area contributed by atoms with E-state index in [-0.39, 0.29) is 0 Å². The first-order valence-electron chi connectivity index (χ1n) is 10.2. The Bertz CT molecular complexity index is 1170. The van der Waals surface area contributed by atoms with E-state index in [0.717, 1.165) is 46.3 Å². The maximum atomic E-state index is 5.50. The highest BCUT2D eigenvalue weighted by Crippen LogP contribution is 2.36. The predicted molar refractivity (Wildman–Crippen MR) is 121 cm³/mol. The summed E-state index contributed by atoms with van der Waals surface area (Å²) in [7, 11) is 0. The molecule has 0 N–H and O–H groups in total. The summed E-state index contributed by atoms with van der Waals surface area (Å²) >= 11 is 3.41. The monoisotopic (exact) mass is 437 g/mol. The lowest BCUT2D eigenvalue weighted by Crippen LogP contribution is -2.20. The highest BCUT2D eigenvalue weighted by Gasteiger charge is 2.19. The number of hydrogen-bond acceptors (Lipinski definition) is 8. The normalized spacial score (nSPS) is 14.7. The molecule has 1 aromatic carbocycles. The van der Waals surface area contributed by atoms with Gasteiger partial charge in [0.2, 0.25) is 11.7 Å². The Morgan fingerprint density at radius 1 is 1.07 bits per heavy atom. The van der Waals surface area contributed by atoms with Crippen molar-refractivity contribution in [3.63, 3.8) is 0 Å². The summed E-state index contributed by atoms with van der Waals surface area (Å²) < 4.78 is 5.50. The zero-order chi connectivity index (χ0) is 20.5. The Morgan fingerprint density at radius 2 is 1.87 bits per heavy atom. The van der Waals surface area contributed by atoms with E-state index in [2.05, 4.69) is 28.9 Å². The fourth-order valence-corrected chi connectivity index (χ4v) is 5.77. The van der Waals surface area contributed by atoms with Gasteiger partial charge in [0.05, 0.1) is 12.3 Å². The molecule has 8 heteroatoms. The van der Waals surface area contributed by atoms with E-state index in [1.165, 1.54) is 23.3 Å². The van der Waals surface area contributed by atoms with Crippen LogP contribution in [0.1, 0.15) is 35.0 Å². The predicted octanol–water partition coefficient (Wildman–Crippen LogP) is 5.25. The van der Waals surface area contributed by atoms with Crippen LogP contribution in [0.25, 0.3) is 21.6 Å². The number of aryl methyl sites for hydroxylation is 2. The van der Waals surface area contributed by atoms with E-state index < -0.39 is 0 Å². The van der Waals surface area contributed by atoms with Gasteiger partial charge in [0.1, 0.15) is 15.7 Å². The van der Waals surface area contributed by atoms with Crippen LogP contribution in [0.3, 0.4) is 0 Å². The molecule has 0 aliphatic carbocycles. The average molecular weight is 438 g/mol. The summed E-state index contributed by atoms with van der Waals surface area (Å²) in [5.41, 5.74) is 2.22. The van der Waals surface area contributed by atoms with E-state index in [0.29, 0.717) is 17.5 Å². The third-order valence-corrected chi connectivity index (χ3v) is 7.50. The van der Waals surface area contributed by atoms with Crippen LogP contribution < -0.4 is 0 Å². The molecule has 4 aromatic rings. The van der Waals surface area contributed by atoms with E-state index in [1.54, 1.807) is 23.1 Å². The van der Waals surface area contributed by atoms with Gasteiger partial charge in [-0.3, -0.25) is 4.90 Å². The van der Waals surface area contributed by atoms with Gasteiger partial charge < -0.3 is 4.52 Å². The largest absolute Gasteiger partial charge is 0.338 e. The van der Waals surface area contributed by atoms with Crippen molar-refractivity contribution in [2.45, 2.75) is 44.0 Å². The lowest BCUT2D eigenvalue weighted by molar-refractivity contribution is 0.322. The van der Waals surface area contributed by atoms with Crippen LogP contribution in [0, 0.1) is 13.8 Å². The summed E-state index contributed by atoms with van der Waals surface area (Å²) in [4.78, 5) is 19.2. The molecule has 5 rings (SSSR count). The fourth-order valence-electron chi connectivity index (χ4n) is 3.72.